The lowest BCUT2D eigenvalue weighted by atomic mass is 9.96. The lowest BCUT2D eigenvalue weighted by Gasteiger charge is -2.16. The highest BCUT2D eigenvalue weighted by Crippen LogP contribution is 2.43. The van der Waals surface area contributed by atoms with Crippen molar-refractivity contribution < 1.29 is 41.0 Å². The third-order valence-electron chi connectivity index (χ3n) is 11.1. The zero-order chi connectivity index (χ0) is 43.2. The fraction of sp³-hybridized carbons (Fsp3) is 0.250. The van der Waals surface area contributed by atoms with Gasteiger partial charge in [-0.2, -0.15) is 0 Å². The summed E-state index contributed by atoms with van der Waals surface area (Å²) in [6, 6.07) is 10.8. The summed E-state index contributed by atoms with van der Waals surface area (Å²) >= 11 is 0. The van der Waals surface area contributed by atoms with Gasteiger partial charge in [0.2, 0.25) is 11.8 Å². The number of nitrogen functional groups attached to an aromatic ring is 2. The number of nitrogens with two attached hydrogens (primary N) is 2. The molecule has 0 atom stereocenters. The molecule has 0 radical (unpaired) electrons. The van der Waals surface area contributed by atoms with Crippen molar-refractivity contribution in [1.29, 1.82) is 0 Å². The van der Waals surface area contributed by atoms with Crippen molar-refractivity contribution >= 4 is 61.3 Å². The standard InChI is InChI=1S/C23H19F2N3O4.C21H17F2N3O3/c1-10-13(15-7-17(25)18(26)8-16(15)24)5-6-14-21(10)28(12-3-4-12)23(30)20-22(14)32-19(27-20)9-31-11(2)29;1-9-11(13-6-15(23)16(24)7-14(13)22)4-5-12-19(9)26(10-2-3-10)21(28)18-20(12)29-17(8-27)25-18/h5-8,12H,3-4,9,26H2,1-2H3;4-7,10,27H,2-3,8,24H2,1H3. The van der Waals surface area contributed by atoms with Gasteiger partial charge in [-0.15, -0.1) is 0 Å². The molecule has 2 aliphatic rings. The molecule has 0 bridgehead atoms. The number of oxazole rings is 2. The number of nitrogens with zero attached hydrogens (tertiary/aromatic N) is 4. The number of pyridine rings is 2. The van der Waals surface area contributed by atoms with Crippen LogP contribution in [0.5, 0.6) is 0 Å². The maximum absolute atomic E-state index is 14.7. The largest absolute Gasteiger partial charge is 0.456 e. The Morgan fingerprint density at radius 3 is 1.54 bits per heavy atom. The van der Waals surface area contributed by atoms with Crippen molar-refractivity contribution in [3.8, 4) is 22.3 Å². The van der Waals surface area contributed by atoms with Crippen LogP contribution < -0.4 is 22.6 Å². The Balaban J connectivity index is 0.000000157. The number of benzene rings is 4. The Morgan fingerprint density at radius 1 is 0.705 bits per heavy atom. The van der Waals surface area contributed by atoms with E-state index in [1.165, 1.54) is 6.92 Å². The van der Waals surface area contributed by atoms with Crippen LogP contribution in [-0.4, -0.2) is 30.2 Å². The third-order valence-corrected chi connectivity index (χ3v) is 11.1. The number of aromatic nitrogens is 4. The molecular formula is C44H36F4N6O7. The summed E-state index contributed by atoms with van der Waals surface area (Å²) in [7, 11) is 0. The van der Waals surface area contributed by atoms with Crippen molar-refractivity contribution in [2.24, 2.45) is 0 Å². The third kappa shape index (κ3) is 6.65. The van der Waals surface area contributed by atoms with Crippen molar-refractivity contribution in [1.82, 2.24) is 19.1 Å². The Bertz CT molecular complexity index is 3290. The maximum Gasteiger partial charge on any atom is 0.303 e. The molecule has 13 nitrogen and oxygen atoms in total. The summed E-state index contributed by atoms with van der Waals surface area (Å²) < 4.78 is 77.0. The van der Waals surface area contributed by atoms with Gasteiger partial charge in [-0.3, -0.25) is 14.4 Å². The van der Waals surface area contributed by atoms with Crippen molar-refractivity contribution in [2.45, 2.75) is 71.8 Å². The summed E-state index contributed by atoms with van der Waals surface area (Å²) in [5.41, 5.74) is 14.0. The van der Waals surface area contributed by atoms with E-state index in [-0.39, 0.29) is 86.3 Å². The van der Waals surface area contributed by atoms with E-state index < -0.39 is 35.8 Å². The van der Waals surface area contributed by atoms with Gasteiger partial charge < -0.3 is 39.3 Å². The highest BCUT2D eigenvalue weighted by molar-refractivity contribution is 6.05. The zero-order valence-electron chi connectivity index (χ0n) is 32.9. The number of hydrogen-bond acceptors (Lipinski definition) is 11. The first-order valence-electron chi connectivity index (χ1n) is 19.3. The van der Waals surface area contributed by atoms with E-state index in [1.54, 1.807) is 47.2 Å². The minimum Gasteiger partial charge on any atom is -0.456 e. The fourth-order valence-corrected chi connectivity index (χ4v) is 7.98. The van der Waals surface area contributed by atoms with Crippen LogP contribution in [-0.2, 0) is 22.7 Å². The molecule has 4 aromatic carbocycles. The molecule has 4 aromatic heterocycles. The molecule has 0 spiro atoms. The van der Waals surface area contributed by atoms with E-state index in [0.29, 0.717) is 44.1 Å². The molecule has 2 fully saturated rings. The summed E-state index contributed by atoms with van der Waals surface area (Å²) in [5.74, 6) is -3.06. The summed E-state index contributed by atoms with van der Waals surface area (Å²) in [5, 5.41) is 10.6. The smallest absolute Gasteiger partial charge is 0.303 e. The number of rotatable bonds is 7. The molecule has 61 heavy (non-hydrogen) atoms. The first-order valence-corrected chi connectivity index (χ1v) is 19.3. The second kappa shape index (κ2) is 14.6. The normalized spacial score (nSPS) is 14.0. The molecule has 312 valence electrons. The minimum atomic E-state index is -0.721. The quantitative estimate of drug-likeness (QED) is 0.0796. The van der Waals surface area contributed by atoms with Gasteiger partial charge >= 0.3 is 5.97 Å². The van der Waals surface area contributed by atoms with E-state index in [9.17, 15) is 37.1 Å². The monoisotopic (exact) mass is 836 g/mol. The average molecular weight is 837 g/mol. The fourth-order valence-electron chi connectivity index (χ4n) is 7.98. The Labute approximate surface area is 341 Å². The number of carbonyl (C=O) groups excluding carboxylic acids is 1. The molecule has 5 N–H and O–H groups in total. The van der Waals surface area contributed by atoms with Crippen molar-refractivity contribution in [2.75, 3.05) is 11.5 Å². The number of aliphatic hydroxyl groups excluding tert-OH is 1. The summed E-state index contributed by atoms with van der Waals surface area (Å²) in [4.78, 5) is 46.0. The van der Waals surface area contributed by atoms with Gasteiger partial charge in [0, 0.05) is 53.0 Å². The second-order valence-corrected chi connectivity index (χ2v) is 15.3. The molecule has 10 rings (SSSR count). The molecule has 8 aromatic rings. The number of hydrogen-bond donors (Lipinski definition) is 3. The Hall–Kier alpha value is -7.01. The number of halogens is 4. The lowest BCUT2D eigenvalue weighted by molar-refractivity contribution is -0.142. The van der Waals surface area contributed by atoms with Crippen LogP contribution in [0.2, 0.25) is 0 Å². The van der Waals surface area contributed by atoms with E-state index in [4.69, 9.17) is 25.0 Å². The van der Waals surface area contributed by atoms with E-state index in [1.807, 2.05) is 0 Å². The first-order chi connectivity index (χ1) is 29.2. The topological polar surface area (TPSA) is 195 Å². The lowest BCUT2D eigenvalue weighted by Crippen LogP contribution is -2.21. The number of fused-ring (bicyclic) bond motifs is 6. The summed E-state index contributed by atoms with van der Waals surface area (Å²) in [6.07, 6.45) is 3.35. The van der Waals surface area contributed by atoms with Crippen LogP contribution in [0.4, 0.5) is 28.9 Å². The maximum atomic E-state index is 14.7. The van der Waals surface area contributed by atoms with Crippen LogP contribution in [0.3, 0.4) is 0 Å². The van der Waals surface area contributed by atoms with Crippen LogP contribution in [0, 0.1) is 37.1 Å². The van der Waals surface area contributed by atoms with Crippen LogP contribution >= 0.6 is 0 Å². The molecule has 17 heteroatoms. The number of carbonyl (C=O) groups is 1. The molecule has 0 saturated heterocycles. The minimum absolute atomic E-state index is 0.00929. The van der Waals surface area contributed by atoms with Crippen molar-refractivity contribution in [3.63, 3.8) is 0 Å². The Kier molecular flexibility index (Phi) is 9.45. The number of ether oxygens (including phenoxy) is 1. The summed E-state index contributed by atoms with van der Waals surface area (Å²) in [6.45, 7) is 4.17. The number of aryl methyl sites for hydroxylation is 2. The second-order valence-electron chi connectivity index (χ2n) is 15.3. The van der Waals surface area contributed by atoms with Gasteiger partial charge in [0.15, 0.2) is 28.8 Å². The van der Waals surface area contributed by atoms with E-state index >= 15 is 0 Å². The average Bonchev–Trinajstić information content (AvgIpc) is 4.16. The zero-order valence-corrected chi connectivity index (χ0v) is 32.9. The molecule has 0 unspecified atom stereocenters. The molecule has 2 aliphatic carbocycles. The van der Waals surface area contributed by atoms with Gasteiger partial charge in [-0.25, -0.2) is 27.5 Å². The molecular weight excluding hydrogens is 801 g/mol. The van der Waals surface area contributed by atoms with Crippen LogP contribution in [0.15, 0.2) is 67.0 Å². The molecule has 2 saturated carbocycles. The highest BCUT2D eigenvalue weighted by atomic mass is 19.1. The van der Waals surface area contributed by atoms with Crippen LogP contribution in [0.1, 0.15) is 67.6 Å². The van der Waals surface area contributed by atoms with Gasteiger partial charge in [0.25, 0.3) is 11.1 Å². The van der Waals surface area contributed by atoms with Gasteiger partial charge in [0.05, 0.1) is 22.4 Å². The van der Waals surface area contributed by atoms with E-state index in [2.05, 4.69) is 9.97 Å². The van der Waals surface area contributed by atoms with Gasteiger partial charge in [-0.1, -0.05) is 12.1 Å². The van der Waals surface area contributed by atoms with E-state index in [0.717, 1.165) is 49.9 Å². The molecule has 4 heterocycles. The van der Waals surface area contributed by atoms with Gasteiger partial charge in [0.1, 0.15) is 29.9 Å². The molecule has 0 aliphatic heterocycles. The van der Waals surface area contributed by atoms with Gasteiger partial charge in [-0.05, 0) is 86.1 Å². The van der Waals surface area contributed by atoms with Crippen LogP contribution in [0.25, 0.3) is 66.3 Å². The predicted octanol–water partition coefficient (Wildman–Crippen LogP) is 8.18. The first kappa shape index (κ1) is 39.5. The Morgan fingerprint density at radius 2 is 1.13 bits per heavy atom. The number of anilines is 2. The molecule has 0 amide bonds. The number of aliphatic hydroxyl groups is 1. The number of esters is 1. The van der Waals surface area contributed by atoms with Crippen molar-refractivity contribution in [3.05, 3.63) is 115 Å². The highest BCUT2D eigenvalue weighted by Gasteiger charge is 2.32. The predicted molar refractivity (Wildman–Crippen MR) is 218 cm³/mol. The SMILES string of the molecule is CC(=O)OCc1nc2c(=O)n(C3CC3)c3c(C)c(-c4cc(F)c(N)cc4F)ccc3c2o1.Cc1c(-c2cc(F)c(N)cc2F)ccc2c3oc(CO)nc3c(=O)n(C3CC3)c12.